The van der Waals surface area contributed by atoms with Crippen molar-refractivity contribution >= 4 is 17.6 Å². The van der Waals surface area contributed by atoms with Crippen LogP contribution in [0.25, 0.3) is 5.82 Å². The van der Waals surface area contributed by atoms with Crippen molar-refractivity contribution in [2.45, 2.75) is 27.2 Å². The fraction of sp³-hybridized carbons (Fsp3) is 0.385. The van der Waals surface area contributed by atoms with Crippen LogP contribution in [0.15, 0.2) is 12.4 Å². The van der Waals surface area contributed by atoms with Gasteiger partial charge < -0.3 is 4.74 Å². The molecule has 2 aromatic rings. The van der Waals surface area contributed by atoms with Crippen molar-refractivity contribution in [1.29, 1.82) is 0 Å². The third-order valence-electron chi connectivity index (χ3n) is 2.90. The van der Waals surface area contributed by atoms with Gasteiger partial charge in [0.05, 0.1) is 18.7 Å². The molecule has 0 aliphatic rings. The average molecular weight is 295 g/mol. The molecule has 0 amide bonds. The summed E-state index contributed by atoms with van der Waals surface area (Å²) in [6, 6.07) is 1.62. The molecule has 0 aliphatic carbocycles. The van der Waals surface area contributed by atoms with Gasteiger partial charge in [-0.25, -0.2) is 14.6 Å². The summed E-state index contributed by atoms with van der Waals surface area (Å²) in [5.74, 6) is 0.305. The van der Waals surface area contributed by atoms with E-state index in [1.165, 1.54) is 6.33 Å². The lowest BCUT2D eigenvalue weighted by molar-refractivity contribution is -0.142. The van der Waals surface area contributed by atoms with E-state index in [9.17, 15) is 4.79 Å². The number of carbonyl (C=O) groups is 1. The van der Waals surface area contributed by atoms with Crippen LogP contribution in [0.4, 0.5) is 0 Å². The first-order chi connectivity index (χ1) is 9.52. The second-order valence-electron chi connectivity index (χ2n) is 4.24. The summed E-state index contributed by atoms with van der Waals surface area (Å²) < 4.78 is 6.62. The molecule has 20 heavy (non-hydrogen) atoms. The van der Waals surface area contributed by atoms with Crippen LogP contribution in [-0.2, 0) is 16.0 Å². The Morgan fingerprint density at radius 1 is 1.40 bits per heavy atom. The first-order valence-corrected chi connectivity index (χ1v) is 6.59. The van der Waals surface area contributed by atoms with E-state index in [0.717, 1.165) is 17.0 Å². The molecule has 0 bridgehead atoms. The molecule has 0 aliphatic heterocycles. The molecule has 0 N–H and O–H groups in total. The SMILES string of the molecule is CCOC(=O)Cc1c(C)nn(-c2cc(Cl)ncn2)c1C. The molecule has 0 saturated carbocycles. The summed E-state index contributed by atoms with van der Waals surface area (Å²) in [7, 11) is 0. The first-order valence-electron chi connectivity index (χ1n) is 6.21. The number of aromatic nitrogens is 4. The standard InChI is InChI=1S/C13H15ClN4O2/c1-4-20-13(19)5-10-8(2)17-18(9(10)3)12-6-11(14)15-7-16-12/h6-7H,4-5H2,1-3H3. The Hall–Kier alpha value is -1.95. The van der Waals surface area contributed by atoms with E-state index < -0.39 is 0 Å². The number of halogens is 1. The summed E-state index contributed by atoms with van der Waals surface area (Å²) in [6.45, 7) is 5.88. The van der Waals surface area contributed by atoms with Gasteiger partial charge in [0.2, 0.25) is 0 Å². The maximum absolute atomic E-state index is 11.6. The van der Waals surface area contributed by atoms with Crippen LogP contribution in [-0.4, -0.2) is 32.3 Å². The smallest absolute Gasteiger partial charge is 0.310 e. The number of hydrogen-bond donors (Lipinski definition) is 0. The van der Waals surface area contributed by atoms with Crippen molar-refractivity contribution in [3.05, 3.63) is 34.5 Å². The lowest BCUT2D eigenvalue weighted by atomic mass is 10.1. The van der Waals surface area contributed by atoms with Crippen LogP contribution in [0.1, 0.15) is 23.9 Å². The van der Waals surface area contributed by atoms with Gasteiger partial charge in [-0.3, -0.25) is 4.79 Å². The quantitative estimate of drug-likeness (QED) is 0.637. The zero-order valence-electron chi connectivity index (χ0n) is 11.6. The summed E-state index contributed by atoms with van der Waals surface area (Å²) in [6.07, 6.45) is 1.57. The molecule has 106 valence electrons. The summed E-state index contributed by atoms with van der Waals surface area (Å²) in [5, 5.41) is 4.74. The summed E-state index contributed by atoms with van der Waals surface area (Å²) in [4.78, 5) is 19.6. The molecule has 7 heteroatoms. The normalized spacial score (nSPS) is 10.6. The molecule has 2 heterocycles. The predicted octanol–water partition coefficient (Wildman–Crippen LogP) is 2.04. The highest BCUT2D eigenvalue weighted by molar-refractivity contribution is 6.29. The Kier molecular flexibility index (Phi) is 4.34. The fourth-order valence-electron chi connectivity index (χ4n) is 1.95. The molecular formula is C13H15ClN4O2. The van der Waals surface area contributed by atoms with Crippen molar-refractivity contribution in [2.75, 3.05) is 6.61 Å². The van der Waals surface area contributed by atoms with E-state index in [1.807, 2.05) is 13.8 Å². The zero-order valence-corrected chi connectivity index (χ0v) is 12.3. The zero-order chi connectivity index (χ0) is 14.7. The van der Waals surface area contributed by atoms with Gasteiger partial charge in [0, 0.05) is 17.3 Å². The van der Waals surface area contributed by atoms with E-state index in [0.29, 0.717) is 17.6 Å². The van der Waals surface area contributed by atoms with Crippen molar-refractivity contribution in [3.63, 3.8) is 0 Å². The molecule has 0 radical (unpaired) electrons. The van der Waals surface area contributed by atoms with Crippen molar-refractivity contribution in [3.8, 4) is 5.82 Å². The largest absolute Gasteiger partial charge is 0.466 e. The minimum atomic E-state index is -0.265. The maximum Gasteiger partial charge on any atom is 0.310 e. The van der Waals surface area contributed by atoms with Crippen LogP contribution >= 0.6 is 11.6 Å². The number of carbonyl (C=O) groups excluding carboxylic acids is 1. The van der Waals surface area contributed by atoms with E-state index in [1.54, 1.807) is 17.7 Å². The monoisotopic (exact) mass is 294 g/mol. The highest BCUT2D eigenvalue weighted by Crippen LogP contribution is 2.18. The van der Waals surface area contributed by atoms with Crippen LogP contribution in [0.5, 0.6) is 0 Å². The van der Waals surface area contributed by atoms with Crippen molar-refractivity contribution < 1.29 is 9.53 Å². The lowest BCUT2D eigenvalue weighted by Crippen LogP contribution is -2.09. The Morgan fingerprint density at radius 2 is 2.15 bits per heavy atom. The molecule has 2 aromatic heterocycles. The van der Waals surface area contributed by atoms with Crippen LogP contribution in [0.3, 0.4) is 0 Å². The second-order valence-corrected chi connectivity index (χ2v) is 4.63. The minimum Gasteiger partial charge on any atom is -0.466 e. The molecule has 6 nitrogen and oxygen atoms in total. The first kappa shape index (κ1) is 14.5. The number of rotatable bonds is 4. The number of aryl methyl sites for hydroxylation is 1. The van der Waals surface area contributed by atoms with Crippen LogP contribution in [0, 0.1) is 13.8 Å². The number of ether oxygens (including phenoxy) is 1. The van der Waals surface area contributed by atoms with E-state index in [2.05, 4.69) is 15.1 Å². The summed E-state index contributed by atoms with van der Waals surface area (Å²) >= 11 is 5.85. The predicted molar refractivity (Wildman–Crippen MR) is 74.0 cm³/mol. The number of nitrogens with zero attached hydrogens (tertiary/aromatic N) is 4. The van der Waals surface area contributed by atoms with E-state index in [-0.39, 0.29) is 12.4 Å². The second kappa shape index (κ2) is 6.00. The molecule has 0 unspecified atom stereocenters. The van der Waals surface area contributed by atoms with E-state index in [4.69, 9.17) is 16.3 Å². The summed E-state index contributed by atoms with van der Waals surface area (Å²) in [5.41, 5.74) is 2.45. The third kappa shape index (κ3) is 2.96. The minimum absolute atomic E-state index is 0.199. The topological polar surface area (TPSA) is 69.9 Å². The Bertz CT molecular complexity index is 639. The Morgan fingerprint density at radius 3 is 2.80 bits per heavy atom. The van der Waals surface area contributed by atoms with Crippen LogP contribution < -0.4 is 0 Å². The average Bonchev–Trinajstić information content (AvgIpc) is 2.67. The number of esters is 1. The molecule has 0 saturated heterocycles. The molecule has 2 rings (SSSR count). The number of hydrogen-bond acceptors (Lipinski definition) is 5. The van der Waals surface area contributed by atoms with E-state index >= 15 is 0 Å². The van der Waals surface area contributed by atoms with Crippen molar-refractivity contribution in [2.24, 2.45) is 0 Å². The lowest BCUT2D eigenvalue weighted by Gasteiger charge is -2.04. The van der Waals surface area contributed by atoms with Gasteiger partial charge in [0.15, 0.2) is 5.82 Å². The van der Waals surface area contributed by atoms with Gasteiger partial charge in [-0.1, -0.05) is 11.6 Å². The molecule has 0 fully saturated rings. The van der Waals surface area contributed by atoms with Gasteiger partial charge >= 0.3 is 5.97 Å². The van der Waals surface area contributed by atoms with Gasteiger partial charge in [0.1, 0.15) is 11.5 Å². The highest BCUT2D eigenvalue weighted by Gasteiger charge is 2.17. The molecule has 0 atom stereocenters. The van der Waals surface area contributed by atoms with Gasteiger partial charge in [0.25, 0.3) is 0 Å². The third-order valence-corrected chi connectivity index (χ3v) is 3.11. The fourth-order valence-corrected chi connectivity index (χ4v) is 2.09. The molecule has 0 spiro atoms. The van der Waals surface area contributed by atoms with Gasteiger partial charge in [-0.05, 0) is 20.8 Å². The molecule has 0 aromatic carbocycles. The molecular weight excluding hydrogens is 280 g/mol. The van der Waals surface area contributed by atoms with Gasteiger partial charge in [-0.15, -0.1) is 0 Å². The van der Waals surface area contributed by atoms with Crippen LogP contribution in [0.2, 0.25) is 5.15 Å². The Labute approximate surface area is 121 Å². The maximum atomic E-state index is 11.6. The highest BCUT2D eigenvalue weighted by atomic mass is 35.5. The van der Waals surface area contributed by atoms with Gasteiger partial charge in [-0.2, -0.15) is 5.10 Å². The van der Waals surface area contributed by atoms with Crippen molar-refractivity contribution in [1.82, 2.24) is 19.7 Å². The Balaban J connectivity index is 2.36.